The fourth-order valence-corrected chi connectivity index (χ4v) is 2.15. The Bertz CT molecular complexity index is 751. The molecule has 0 unspecified atom stereocenters. The van der Waals surface area contributed by atoms with Gasteiger partial charge in [-0.2, -0.15) is 0 Å². The number of imidazole rings is 1. The third-order valence-corrected chi connectivity index (χ3v) is 3.57. The Kier molecular flexibility index (Phi) is 2.83. The Balaban J connectivity index is 2.01. The number of aromatic nitrogens is 4. The lowest BCUT2D eigenvalue weighted by Crippen LogP contribution is -2.01. The average Bonchev–Trinajstić information content (AvgIpc) is 2.79. The summed E-state index contributed by atoms with van der Waals surface area (Å²) >= 11 is 3.38. The highest BCUT2D eigenvalue weighted by atomic mass is 79.9. The van der Waals surface area contributed by atoms with Gasteiger partial charge in [0.25, 0.3) is 0 Å². The number of halogens is 1. The number of nitrogen functional groups attached to an aromatic ring is 2. The van der Waals surface area contributed by atoms with Gasteiger partial charge in [-0.25, -0.2) is 15.0 Å². The van der Waals surface area contributed by atoms with E-state index in [4.69, 9.17) is 11.5 Å². The molecule has 19 heavy (non-hydrogen) atoms. The van der Waals surface area contributed by atoms with Crippen molar-refractivity contribution in [2.45, 2.75) is 6.54 Å². The standard InChI is InChI=1S/C12H11BrN6/c13-8-2-1-7(3-9(8)14)4-19-6-18-10-11(15)16-5-17-12(10)19/h1-3,5-6H,4,14H2,(H2,15,16,17). The third-order valence-electron chi connectivity index (χ3n) is 2.84. The minimum atomic E-state index is 0.388. The van der Waals surface area contributed by atoms with Crippen molar-refractivity contribution in [2.75, 3.05) is 11.5 Å². The van der Waals surface area contributed by atoms with E-state index in [-0.39, 0.29) is 0 Å². The van der Waals surface area contributed by atoms with Gasteiger partial charge >= 0.3 is 0 Å². The van der Waals surface area contributed by atoms with Crippen molar-refractivity contribution in [2.24, 2.45) is 0 Å². The van der Waals surface area contributed by atoms with E-state index in [1.54, 1.807) is 6.33 Å². The van der Waals surface area contributed by atoms with E-state index in [0.717, 1.165) is 10.0 Å². The molecule has 0 aliphatic rings. The van der Waals surface area contributed by atoms with Crippen molar-refractivity contribution in [1.29, 1.82) is 0 Å². The molecule has 2 heterocycles. The molecule has 4 N–H and O–H groups in total. The summed E-state index contributed by atoms with van der Waals surface area (Å²) in [4.78, 5) is 12.4. The highest BCUT2D eigenvalue weighted by molar-refractivity contribution is 9.10. The molecular weight excluding hydrogens is 308 g/mol. The van der Waals surface area contributed by atoms with Crippen LogP contribution in [0.25, 0.3) is 11.2 Å². The number of hydrogen-bond acceptors (Lipinski definition) is 5. The lowest BCUT2D eigenvalue weighted by molar-refractivity contribution is 0.813. The number of benzene rings is 1. The van der Waals surface area contributed by atoms with Crippen LogP contribution in [0.5, 0.6) is 0 Å². The summed E-state index contributed by atoms with van der Waals surface area (Å²) in [7, 11) is 0. The van der Waals surface area contributed by atoms with Crippen LogP contribution in [-0.4, -0.2) is 19.5 Å². The van der Waals surface area contributed by atoms with E-state index in [2.05, 4.69) is 30.9 Å². The lowest BCUT2D eigenvalue weighted by atomic mass is 10.2. The van der Waals surface area contributed by atoms with Crippen molar-refractivity contribution >= 4 is 38.6 Å². The number of nitrogens with two attached hydrogens (primary N) is 2. The fourth-order valence-electron chi connectivity index (χ4n) is 1.90. The molecule has 0 aliphatic heterocycles. The molecule has 2 aromatic heterocycles. The molecular formula is C12H11BrN6. The van der Waals surface area contributed by atoms with Crippen LogP contribution in [0.4, 0.5) is 11.5 Å². The molecule has 3 aromatic rings. The van der Waals surface area contributed by atoms with Crippen LogP contribution in [0.3, 0.4) is 0 Å². The summed E-state index contributed by atoms with van der Waals surface area (Å²) in [5.74, 6) is 0.388. The van der Waals surface area contributed by atoms with Gasteiger partial charge in [-0.3, -0.25) is 0 Å². The molecule has 96 valence electrons. The molecule has 0 saturated carbocycles. The maximum atomic E-state index is 5.87. The quantitative estimate of drug-likeness (QED) is 0.702. The summed E-state index contributed by atoms with van der Waals surface area (Å²) in [6.07, 6.45) is 3.14. The van der Waals surface area contributed by atoms with E-state index < -0.39 is 0 Å². The van der Waals surface area contributed by atoms with Gasteiger partial charge in [0.1, 0.15) is 11.8 Å². The van der Waals surface area contributed by atoms with Crippen LogP contribution >= 0.6 is 15.9 Å². The minimum Gasteiger partial charge on any atom is -0.398 e. The molecule has 0 bridgehead atoms. The van der Waals surface area contributed by atoms with Crippen molar-refractivity contribution < 1.29 is 0 Å². The molecule has 7 heteroatoms. The number of fused-ring (bicyclic) bond motifs is 1. The van der Waals surface area contributed by atoms with Gasteiger partial charge in [0.05, 0.1) is 12.9 Å². The Labute approximate surface area is 117 Å². The average molecular weight is 319 g/mol. The van der Waals surface area contributed by atoms with Crippen molar-refractivity contribution in [3.05, 3.63) is 40.9 Å². The van der Waals surface area contributed by atoms with Crippen LogP contribution in [0.1, 0.15) is 5.56 Å². The van der Waals surface area contributed by atoms with Crippen molar-refractivity contribution in [3.8, 4) is 0 Å². The predicted octanol–water partition coefficient (Wildman–Crippen LogP) is 1.80. The zero-order valence-corrected chi connectivity index (χ0v) is 11.5. The molecule has 0 fully saturated rings. The van der Waals surface area contributed by atoms with E-state index >= 15 is 0 Å². The molecule has 0 aliphatic carbocycles. The van der Waals surface area contributed by atoms with Gasteiger partial charge in [0.15, 0.2) is 11.5 Å². The maximum absolute atomic E-state index is 5.87. The van der Waals surface area contributed by atoms with E-state index in [0.29, 0.717) is 29.2 Å². The van der Waals surface area contributed by atoms with Crippen molar-refractivity contribution in [1.82, 2.24) is 19.5 Å². The molecule has 1 aromatic carbocycles. The zero-order valence-electron chi connectivity index (χ0n) is 9.92. The second-order valence-electron chi connectivity index (χ2n) is 4.16. The summed E-state index contributed by atoms with van der Waals surface area (Å²) in [5.41, 5.74) is 14.7. The van der Waals surface area contributed by atoms with Crippen LogP contribution in [-0.2, 0) is 6.54 Å². The first-order valence-electron chi connectivity index (χ1n) is 5.60. The highest BCUT2D eigenvalue weighted by Crippen LogP contribution is 2.22. The molecule has 0 spiro atoms. The Morgan fingerprint density at radius 2 is 2.00 bits per heavy atom. The number of rotatable bonds is 2. The predicted molar refractivity (Wildman–Crippen MR) is 77.4 cm³/mol. The first-order chi connectivity index (χ1) is 9.15. The topological polar surface area (TPSA) is 95.6 Å². The number of nitrogens with zero attached hydrogens (tertiary/aromatic N) is 4. The maximum Gasteiger partial charge on any atom is 0.165 e. The largest absolute Gasteiger partial charge is 0.398 e. The monoisotopic (exact) mass is 318 g/mol. The zero-order chi connectivity index (χ0) is 13.4. The van der Waals surface area contributed by atoms with Crippen LogP contribution in [0.2, 0.25) is 0 Å². The molecule has 0 radical (unpaired) electrons. The number of anilines is 2. The molecule has 0 atom stereocenters. The normalized spacial score (nSPS) is 11.0. The van der Waals surface area contributed by atoms with Crippen LogP contribution in [0, 0.1) is 0 Å². The van der Waals surface area contributed by atoms with Crippen LogP contribution < -0.4 is 11.5 Å². The van der Waals surface area contributed by atoms with Gasteiger partial charge in [-0.15, -0.1) is 0 Å². The summed E-state index contributed by atoms with van der Waals surface area (Å²) in [5, 5.41) is 0. The fraction of sp³-hybridized carbons (Fsp3) is 0.0833. The van der Waals surface area contributed by atoms with Gasteiger partial charge in [-0.1, -0.05) is 6.07 Å². The van der Waals surface area contributed by atoms with E-state index in [1.807, 2.05) is 22.8 Å². The van der Waals surface area contributed by atoms with Crippen LogP contribution in [0.15, 0.2) is 35.3 Å². The van der Waals surface area contributed by atoms with E-state index in [1.165, 1.54) is 6.33 Å². The van der Waals surface area contributed by atoms with Gasteiger partial charge in [0.2, 0.25) is 0 Å². The third kappa shape index (κ3) is 2.12. The molecule has 0 amide bonds. The summed E-state index contributed by atoms with van der Waals surface area (Å²) < 4.78 is 2.80. The second kappa shape index (κ2) is 4.51. The minimum absolute atomic E-state index is 0.388. The molecule has 3 rings (SSSR count). The van der Waals surface area contributed by atoms with Gasteiger partial charge in [0, 0.05) is 10.2 Å². The first-order valence-corrected chi connectivity index (χ1v) is 6.39. The Morgan fingerprint density at radius 3 is 2.79 bits per heavy atom. The summed E-state index contributed by atoms with van der Waals surface area (Å²) in [6, 6.07) is 5.84. The van der Waals surface area contributed by atoms with E-state index in [9.17, 15) is 0 Å². The van der Waals surface area contributed by atoms with Crippen molar-refractivity contribution in [3.63, 3.8) is 0 Å². The smallest absolute Gasteiger partial charge is 0.165 e. The lowest BCUT2D eigenvalue weighted by Gasteiger charge is -2.06. The SMILES string of the molecule is Nc1cc(Cn2cnc3c(N)ncnc32)ccc1Br. The summed E-state index contributed by atoms with van der Waals surface area (Å²) in [6.45, 7) is 0.629. The van der Waals surface area contributed by atoms with Gasteiger partial charge in [-0.05, 0) is 33.6 Å². The number of hydrogen-bond donors (Lipinski definition) is 2. The molecule has 0 saturated heterocycles. The Hall–Kier alpha value is -2.15. The first kappa shape index (κ1) is 11.9. The second-order valence-corrected chi connectivity index (χ2v) is 5.01. The highest BCUT2D eigenvalue weighted by Gasteiger charge is 2.08. The molecule has 6 nitrogen and oxygen atoms in total. The Morgan fingerprint density at radius 1 is 1.16 bits per heavy atom. The van der Waals surface area contributed by atoms with Gasteiger partial charge < -0.3 is 16.0 Å².